The van der Waals surface area contributed by atoms with Crippen LogP contribution in [0.2, 0.25) is 0 Å². The molecule has 1 aromatic rings. The van der Waals surface area contributed by atoms with Crippen LogP contribution in [0.1, 0.15) is 32.4 Å². The van der Waals surface area contributed by atoms with Crippen molar-refractivity contribution >= 4 is 46.2 Å². The van der Waals surface area contributed by atoms with Crippen LogP contribution in [0.25, 0.3) is 0 Å². The molecular weight excluding hydrogens is 333 g/mol. The first-order chi connectivity index (χ1) is 8.78. The highest BCUT2D eigenvalue weighted by atomic mass is 35.5. The van der Waals surface area contributed by atoms with Crippen LogP contribution in [-0.4, -0.2) is 27.8 Å². The van der Waals surface area contributed by atoms with Gasteiger partial charge in [0.25, 0.3) is 0 Å². The van der Waals surface area contributed by atoms with Crippen LogP contribution in [0.5, 0.6) is 0 Å². The molecule has 0 aliphatic heterocycles. The number of rotatable bonds is 6. The van der Waals surface area contributed by atoms with Crippen LogP contribution in [0.15, 0.2) is 18.2 Å². The first kappa shape index (κ1) is 22.6. The smallest absolute Gasteiger partial charge is 0.209 e. The van der Waals surface area contributed by atoms with E-state index >= 15 is 0 Å². The van der Waals surface area contributed by atoms with Gasteiger partial charge in [-0.1, -0.05) is 0 Å². The van der Waals surface area contributed by atoms with Crippen LogP contribution in [0, 0.1) is 0 Å². The van der Waals surface area contributed by atoms with Gasteiger partial charge in [-0.3, -0.25) is 0 Å². The lowest BCUT2D eigenvalue weighted by Crippen LogP contribution is -2.27. The Morgan fingerprint density at radius 3 is 2.19 bits per heavy atom. The highest BCUT2D eigenvalue weighted by molar-refractivity contribution is 7.88. The molecule has 0 fully saturated rings. The average Bonchev–Trinajstić information content (AvgIpc) is 2.30. The van der Waals surface area contributed by atoms with Gasteiger partial charge in [0.15, 0.2) is 0 Å². The van der Waals surface area contributed by atoms with Gasteiger partial charge in [-0.2, -0.15) is 0 Å². The zero-order chi connectivity index (χ0) is 14.6. The average molecular weight is 358 g/mol. The molecule has 0 aromatic heterocycles. The number of anilines is 2. The Balaban J connectivity index is 0. The molecule has 0 saturated heterocycles. The molecule has 0 aliphatic rings. The lowest BCUT2D eigenvalue weighted by atomic mass is 10.1. The number of nitrogens with one attached hydrogen (secondary N) is 1. The van der Waals surface area contributed by atoms with Gasteiger partial charge in [-0.25, -0.2) is 13.1 Å². The lowest BCUT2D eigenvalue weighted by molar-refractivity contribution is 0.573. The van der Waals surface area contributed by atoms with Gasteiger partial charge in [-0.05, 0) is 44.5 Å². The molecular formula is C13H25Cl2N3O2S. The van der Waals surface area contributed by atoms with Crippen LogP contribution < -0.4 is 15.4 Å². The van der Waals surface area contributed by atoms with Gasteiger partial charge in [0.1, 0.15) is 0 Å². The normalized spacial score (nSPS) is 12.0. The summed E-state index contributed by atoms with van der Waals surface area (Å²) < 4.78 is 25.1. The second-order valence-electron chi connectivity index (χ2n) is 4.60. The zero-order valence-electron chi connectivity index (χ0n) is 12.8. The van der Waals surface area contributed by atoms with Crippen molar-refractivity contribution in [3.05, 3.63) is 23.8 Å². The maximum Gasteiger partial charge on any atom is 0.209 e. The van der Waals surface area contributed by atoms with E-state index in [4.69, 9.17) is 5.73 Å². The highest BCUT2D eigenvalue weighted by Gasteiger charge is 2.15. The van der Waals surface area contributed by atoms with E-state index in [1.807, 2.05) is 18.2 Å². The molecule has 1 aromatic carbocycles. The third-order valence-corrected chi connectivity index (χ3v) is 3.84. The Morgan fingerprint density at radius 2 is 1.76 bits per heavy atom. The first-order valence-electron chi connectivity index (χ1n) is 6.40. The van der Waals surface area contributed by atoms with Crippen molar-refractivity contribution in [1.29, 1.82) is 0 Å². The van der Waals surface area contributed by atoms with Gasteiger partial charge in [0.05, 0.1) is 6.26 Å². The second kappa shape index (κ2) is 9.35. The highest BCUT2D eigenvalue weighted by Crippen LogP contribution is 2.26. The minimum absolute atomic E-state index is 0. The third kappa shape index (κ3) is 6.74. The van der Waals surface area contributed by atoms with Crippen LogP contribution >= 0.6 is 24.8 Å². The van der Waals surface area contributed by atoms with E-state index in [0.717, 1.165) is 30.6 Å². The monoisotopic (exact) mass is 357 g/mol. The minimum Gasteiger partial charge on any atom is -0.398 e. The SMILES string of the molecule is CCN(CC)c1ccc(N)c(C(C)NS(C)(=O)=O)c1.Cl.Cl. The Morgan fingerprint density at radius 1 is 1.24 bits per heavy atom. The summed E-state index contributed by atoms with van der Waals surface area (Å²) in [6.07, 6.45) is 1.15. The predicted molar refractivity (Wildman–Crippen MR) is 95.3 cm³/mol. The molecule has 3 N–H and O–H groups in total. The molecule has 8 heteroatoms. The van der Waals surface area contributed by atoms with Gasteiger partial charge < -0.3 is 10.6 Å². The van der Waals surface area contributed by atoms with Crippen molar-refractivity contribution in [1.82, 2.24) is 4.72 Å². The quantitative estimate of drug-likeness (QED) is 0.767. The molecule has 0 bridgehead atoms. The molecule has 124 valence electrons. The molecule has 1 unspecified atom stereocenters. The molecule has 0 amide bonds. The van der Waals surface area contributed by atoms with E-state index in [9.17, 15) is 8.42 Å². The number of nitrogens with zero attached hydrogens (tertiary/aromatic N) is 1. The lowest BCUT2D eigenvalue weighted by Gasteiger charge is -2.23. The van der Waals surface area contributed by atoms with E-state index in [0.29, 0.717) is 5.69 Å². The van der Waals surface area contributed by atoms with Crippen molar-refractivity contribution in [2.24, 2.45) is 0 Å². The summed E-state index contributed by atoms with van der Waals surface area (Å²) in [5.74, 6) is 0. The number of hydrogen-bond acceptors (Lipinski definition) is 4. The summed E-state index contributed by atoms with van der Waals surface area (Å²) in [7, 11) is -3.25. The van der Waals surface area contributed by atoms with Crippen molar-refractivity contribution in [2.45, 2.75) is 26.8 Å². The summed E-state index contributed by atoms with van der Waals surface area (Å²) in [5, 5.41) is 0. The van der Waals surface area contributed by atoms with E-state index in [1.54, 1.807) is 6.92 Å². The van der Waals surface area contributed by atoms with Crippen molar-refractivity contribution in [3.63, 3.8) is 0 Å². The molecule has 0 spiro atoms. The van der Waals surface area contributed by atoms with E-state index < -0.39 is 10.0 Å². The number of benzene rings is 1. The van der Waals surface area contributed by atoms with Gasteiger partial charge >= 0.3 is 0 Å². The van der Waals surface area contributed by atoms with Gasteiger partial charge in [-0.15, -0.1) is 24.8 Å². The Kier molecular flexibility index (Phi) is 10.1. The Labute approximate surface area is 140 Å². The number of nitrogen functional groups attached to an aromatic ring is 1. The first-order valence-corrected chi connectivity index (χ1v) is 8.29. The maximum atomic E-state index is 11.3. The fourth-order valence-electron chi connectivity index (χ4n) is 2.11. The van der Waals surface area contributed by atoms with Crippen LogP contribution in [-0.2, 0) is 10.0 Å². The molecule has 21 heavy (non-hydrogen) atoms. The summed E-state index contributed by atoms with van der Waals surface area (Å²) in [6, 6.07) is 5.39. The third-order valence-electron chi connectivity index (χ3n) is 3.06. The summed E-state index contributed by atoms with van der Waals surface area (Å²) in [6.45, 7) is 7.75. The Hall–Kier alpha value is -0.690. The van der Waals surface area contributed by atoms with Gasteiger partial charge in [0.2, 0.25) is 10.0 Å². The maximum absolute atomic E-state index is 11.3. The number of sulfonamides is 1. The fraction of sp³-hybridized carbons (Fsp3) is 0.538. The van der Waals surface area contributed by atoms with Gasteiger partial charge in [0, 0.05) is 30.5 Å². The Bertz CT molecular complexity index is 534. The summed E-state index contributed by atoms with van der Waals surface area (Å²) in [4.78, 5) is 2.19. The zero-order valence-corrected chi connectivity index (χ0v) is 15.2. The fourth-order valence-corrected chi connectivity index (χ4v) is 2.88. The second-order valence-corrected chi connectivity index (χ2v) is 6.38. The topological polar surface area (TPSA) is 75.4 Å². The standard InChI is InChI=1S/C13H23N3O2S.2ClH/c1-5-16(6-2)11-7-8-13(14)12(9-11)10(3)15-19(4,17)18;;/h7-10,15H,5-6,14H2,1-4H3;2*1H. The predicted octanol–water partition coefficient (Wildman–Crippen LogP) is 2.57. The molecule has 0 heterocycles. The minimum atomic E-state index is -3.25. The van der Waals surface area contributed by atoms with Crippen molar-refractivity contribution in [3.8, 4) is 0 Å². The number of hydrogen-bond donors (Lipinski definition) is 2. The van der Waals surface area contributed by atoms with Crippen molar-refractivity contribution < 1.29 is 8.42 Å². The molecule has 0 aliphatic carbocycles. The molecule has 1 atom stereocenters. The molecule has 0 radical (unpaired) electrons. The number of halogens is 2. The van der Waals surface area contributed by atoms with E-state index in [-0.39, 0.29) is 30.9 Å². The molecule has 0 saturated carbocycles. The summed E-state index contributed by atoms with van der Waals surface area (Å²) >= 11 is 0. The van der Waals surface area contributed by atoms with Crippen LogP contribution in [0.3, 0.4) is 0 Å². The largest absolute Gasteiger partial charge is 0.398 e. The van der Waals surface area contributed by atoms with Crippen molar-refractivity contribution in [2.75, 3.05) is 30.0 Å². The van der Waals surface area contributed by atoms with E-state index in [1.165, 1.54) is 0 Å². The molecule has 1 rings (SSSR count). The van der Waals surface area contributed by atoms with E-state index in [2.05, 4.69) is 23.5 Å². The summed E-state index contributed by atoms with van der Waals surface area (Å²) in [5.41, 5.74) is 8.39. The number of nitrogens with two attached hydrogens (primary N) is 1. The molecule has 5 nitrogen and oxygen atoms in total. The van der Waals surface area contributed by atoms with Crippen LogP contribution in [0.4, 0.5) is 11.4 Å².